The zero-order chi connectivity index (χ0) is 12.1. The van der Waals surface area contributed by atoms with E-state index in [4.69, 9.17) is 4.74 Å². The first-order valence-electron chi connectivity index (χ1n) is 5.53. The fraction of sp³-hybridized carbons (Fsp3) is 0.133. The first kappa shape index (κ1) is 11.4. The van der Waals surface area contributed by atoms with Gasteiger partial charge in [-0.15, -0.1) is 0 Å². The van der Waals surface area contributed by atoms with Gasteiger partial charge in [0.25, 0.3) is 0 Å². The van der Waals surface area contributed by atoms with Crippen molar-refractivity contribution in [2.24, 2.45) is 4.99 Å². The summed E-state index contributed by atoms with van der Waals surface area (Å²) in [5, 5.41) is 0. The van der Waals surface area contributed by atoms with Gasteiger partial charge in [-0.05, 0) is 31.2 Å². The summed E-state index contributed by atoms with van der Waals surface area (Å²) in [5.41, 5.74) is 3.17. The van der Waals surface area contributed by atoms with Crippen molar-refractivity contribution in [2.45, 2.75) is 6.92 Å². The Kier molecular flexibility index (Phi) is 3.55. The molecule has 0 N–H and O–H groups in total. The molecule has 0 bridgehead atoms. The van der Waals surface area contributed by atoms with Crippen LogP contribution in [0.1, 0.15) is 11.1 Å². The second-order valence-corrected chi connectivity index (χ2v) is 3.84. The zero-order valence-corrected chi connectivity index (χ0v) is 10.1. The third kappa shape index (κ3) is 2.94. The molecule has 0 aliphatic carbocycles. The van der Waals surface area contributed by atoms with Crippen molar-refractivity contribution in [3.05, 3.63) is 59.7 Å². The van der Waals surface area contributed by atoms with Gasteiger partial charge in [0.1, 0.15) is 5.75 Å². The molecule has 0 fully saturated rings. The number of hydrogen-bond donors (Lipinski definition) is 0. The monoisotopic (exact) mass is 225 g/mol. The van der Waals surface area contributed by atoms with Crippen molar-refractivity contribution in [3.63, 3.8) is 0 Å². The number of hydrogen-bond acceptors (Lipinski definition) is 2. The van der Waals surface area contributed by atoms with E-state index in [1.807, 2.05) is 42.6 Å². The molecule has 0 aliphatic rings. The quantitative estimate of drug-likeness (QED) is 0.729. The van der Waals surface area contributed by atoms with E-state index in [1.54, 1.807) is 7.11 Å². The molecule has 2 nitrogen and oxygen atoms in total. The van der Waals surface area contributed by atoms with Gasteiger partial charge >= 0.3 is 0 Å². The molecule has 0 amide bonds. The maximum Gasteiger partial charge on any atom is 0.127 e. The van der Waals surface area contributed by atoms with E-state index in [1.165, 1.54) is 5.56 Å². The normalized spacial score (nSPS) is 10.7. The van der Waals surface area contributed by atoms with Crippen LogP contribution in [-0.2, 0) is 0 Å². The second kappa shape index (κ2) is 5.30. The van der Waals surface area contributed by atoms with E-state index < -0.39 is 0 Å². The summed E-state index contributed by atoms with van der Waals surface area (Å²) in [6, 6.07) is 15.9. The molecule has 0 heterocycles. The van der Waals surface area contributed by atoms with Gasteiger partial charge in [0.2, 0.25) is 0 Å². The number of methoxy groups -OCH3 is 1. The number of aliphatic imine (C=N–C) groups is 1. The minimum atomic E-state index is 0.836. The molecule has 2 rings (SSSR count). The summed E-state index contributed by atoms with van der Waals surface area (Å²) in [7, 11) is 1.67. The maximum atomic E-state index is 5.26. The molecule has 0 saturated carbocycles. The lowest BCUT2D eigenvalue weighted by molar-refractivity contribution is 0.414. The number of aryl methyl sites for hydroxylation is 1. The molecule has 2 heteroatoms. The van der Waals surface area contributed by atoms with E-state index in [0.717, 1.165) is 17.0 Å². The van der Waals surface area contributed by atoms with Crippen LogP contribution >= 0.6 is 0 Å². The molecule has 17 heavy (non-hydrogen) atoms. The van der Waals surface area contributed by atoms with Crippen LogP contribution in [0.25, 0.3) is 0 Å². The third-order valence-corrected chi connectivity index (χ3v) is 2.53. The maximum absolute atomic E-state index is 5.26. The molecular formula is C15H15NO. The Morgan fingerprint density at radius 3 is 2.41 bits per heavy atom. The molecule has 0 unspecified atom stereocenters. The topological polar surface area (TPSA) is 21.6 Å². The van der Waals surface area contributed by atoms with Crippen molar-refractivity contribution in [2.75, 3.05) is 7.11 Å². The van der Waals surface area contributed by atoms with E-state index in [-0.39, 0.29) is 0 Å². The summed E-state index contributed by atoms with van der Waals surface area (Å²) < 4.78 is 5.26. The van der Waals surface area contributed by atoms with Gasteiger partial charge in [0.05, 0.1) is 12.8 Å². The third-order valence-electron chi connectivity index (χ3n) is 2.53. The van der Waals surface area contributed by atoms with Crippen LogP contribution in [-0.4, -0.2) is 13.3 Å². The van der Waals surface area contributed by atoms with Crippen molar-refractivity contribution in [3.8, 4) is 5.75 Å². The lowest BCUT2D eigenvalue weighted by Crippen LogP contribution is -1.89. The number of rotatable bonds is 3. The largest absolute Gasteiger partial charge is 0.496 e. The minimum Gasteiger partial charge on any atom is -0.496 e. The Balaban J connectivity index is 2.22. The summed E-state index contributed by atoms with van der Waals surface area (Å²) >= 11 is 0. The van der Waals surface area contributed by atoms with Crippen molar-refractivity contribution in [1.82, 2.24) is 0 Å². The van der Waals surface area contributed by atoms with Crippen LogP contribution in [0.15, 0.2) is 53.5 Å². The first-order chi connectivity index (χ1) is 8.29. The highest BCUT2D eigenvalue weighted by atomic mass is 16.5. The van der Waals surface area contributed by atoms with Gasteiger partial charge in [-0.25, -0.2) is 0 Å². The van der Waals surface area contributed by atoms with Gasteiger partial charge in [0, 0.05) is 11.8 Å². The number of para-hydroxylation sites is 1. The molecule has 0 saturated heterocycles. The Morgan fingerprint density at radius 2 is 1.71 bits per heavy atom. The number of benzene rings is 2. The van der Waals surface area contributed by atoms with Gasteiger partial charge in [-0.3, -0.25) is 4.99 Å². The molecule has 86 valence electrons. The number of nitrogens with zero attached hydrogens (tertiary/aromatic N) is 1. The van der Waals surface area contributed by atoms with Crippen LogP contribution in [0, 0.1) is 6.92 Å². The smallest absolute Gasteiger partial charge is 0.127 e. The summed E-state index contributed by atoms with van der Waals surface area (Å²) in [6.45, 7) is 2.06. The molecule has 2 aromatic carbocycles. The molecule has 0 spiro atoms. The van der Waals surface area contributed by atoms with Crippen molar-refractivity contribution >= 4 is 11.9 Å². The highest BCUT2D eigenvalue weighted by Gasteiger charge is 1.97. The Morgan fingerprint density at radius 1 is 1.00 bits per heavy atom. The fourth-order valence-electron chi connectivity index (χ4n) is 1.55. The summed E-state index contributed by atoms with van der Waals surface area (Å²) in [6.07, 6.45) is 1.82. The lowest BCUT2D eigenvalue weighted by Gasteiger charge is -2.02. The van der Waals surface area contributed by atoms with Gasteiger partial charge in [-0.1, -0.05) is 29.8 Å². The molecule has 2 aromatic rings. The Labute approximate surface area is 102 Å². The van der Waals surface area contributed by atoms with E-state index in [0.29, 0.717) is 0 Å². The predicted molar refractivity (Wildman–Crippen MR) is 71.4 cm³/mol. The molecule has 0 radical (unpaired) electrons. The summed E-state index contributed by atoms with van der Waals surface area (Å²) in [5.74, 6) is 0.836. The lowest BCUT2D eigenvalue weighted by atomic mass is 10.2. The van der Waals surface area contributed by atoms with Crippen LogP contribution in [0.4, 0.5) is 5.69 Å². The Bertz CT molecular complexity index is 515. The second-order valence-electron chi connectivity index (χ2n) is 3.84. The minimum absolute atomic E-state index is 0.836. The predicted octanol–water partition coefficient (Wildman–Crippen LogP) is 3.75. The number of ether oxygens (including phenoxy) is 1. The first-order valence-corrected chi connectivity index (χ1v) is 5.53. The molecule has 0 aromatic heterocycles. The highest BCUT2D eigenvalue weighted by molar-refractivity contribution is 5.85. The average molecular weight is 225 g/mol. The van der Waals surface area contributed by atoms with Gasteiger partial charge in [0.15, 0.2) is 0 Å². The van der Waals surface area contributed by atoms with Crippen molar-refractivity contribution in [1.29, 1.82) is 0 Å². The van der Waals surface area contributed by atoms with E-state index in [2.05, 4.69) is 24.0 Å². The van der Waals surface area contributed by atoms with Gasteiger partial charge < -0.3 is 4.74 Å². The fourth-order valence-corrected chi connectivity index (χ4v) is 1.55. The Hall–Kier alpha value is -2.09. The van der Waals surface area contributed by atoms with Crippen LogP contribution < -0.4 is 4.74 Å². The van der Waals surface area contributed by atoms with Gasteiger partial charge in [-0.2, -0.15) is 0 Å². The van der Waals surface area contributed by atoms with Crippen LogP contribution in [0.2, 0.25) is 0 Å². The molecule has 0 aliphatic heterocycles. The van der Waals surface area contributed by atoms with E-state index in [9.17, 15) is 0 Å². The van der Waals surface area contributed by atoms with E-state index >= 15 is 0 Å². The van der Waals surface area contributed by atoms with Crippen LogP contribution in [0.3, 0.4) is 0 Å². The molecule has 0 atom stereocenters. The highest BCUT2D eigenvalue weighted by Crippen LogP contribution is 2.17. The standard InChI is InChI=1S/C15H15NO/c1-12-7-9-14(10-8-12)16-11-13-5-3-4-6-15(13)17-2/h3-11H,1-2H3. The van der Waals surface area contributed by atoms with Crippen molar-refractivity contribution < 1.29 is 4.74 Å². The SMILES string of the molecule is COc1ccccc1C=Nc1ccc(C)cc1. The summed E-state index contributed by atoms with van der Waals surface area (Å²) in [4.78, 5) is 4.42. The zero-order valence-electron chi connectivity index (χ0n) is 10.1. The van der Waals surface area contributed by atoms with Crippen LogP contribution in [0.5, 0.6) is 5.75 Å². The molecular weight excluding hydrogens is 210 g/mol. The average Bonchev–Trinajstić information content (AvgIpc) is 2.38.